The van der Waals surface area contributed by atoms with Crippen molar-refractivity contribution in [2.24, 2.45) is 0 Å². The number of urea groups is 1. The molecular weight excluding hydrogens is 332 g/mol. The highest BCUT2D eigenvalue weighted by molar-refractivity contribution is 5.89. The molecule has 0 bridgehead atoms. The molecule has 0 aromatic carbocycles. The Morgan fingerprint density at radius 1 is 1.27 bits per heavy atom. The average molecular weight is 358 g/mol. The fourth-order valence-electron chi connectivity index (χ4n) is 2.92. The quantitative estimate of drug-likeness (QED) is 0.828. The molecule has 0 spiro atoms. The zero-order valence-electron chi connectivity index (χ0n) is 15.3. The molecule has 3 heterocycles. The first-order chi connectivity index (χ1) is 12.7. The molecule has 1 fully saturated rings. The summed E-state index contributed by atoms with van der Waals surface area (Å²) < 4.78 is 7.20. The lowest BCUT2D eigenvalue weighted by Gasteiger charge is -2.27. The van der Waals surface area contributed by atoms with Gasteiger partial charge in [0.05, 0.1) is 37.3 Å². The molecule has 3 rings (SSSR count). The van der Waals surface area contributed by atoms with Gasteiger partial charge in [-0.15, -0.1) is 0 Å². The minimum absolute atomic E-state index is 0.0733. The first kappa shape index (κ1) is 18.2. The first-order valence-electron chi connectivity index (χ1n) is 9.08. The standard InChI is InChI=1S/C18H26N6O2/c1-3-16(14-11-20-24(4-2)13-14)22-18(25)21-15-5-6-17(19-12-15)23-7-9-26-10-8-23/h5-6,11-13,16H,3-4,7-10H2,1-2H3,(H2,21,22,25). The second-order valence-corrected chi connectivity index (χ2v) is 6.19. The minimum Gasteiger partial charge on any atom is -0.378 e. The molecule has 0 aliphatic carbocycles. The second kappa shape index (κ2) is 8.66. The summed E-state index contributed by atoms with van der Waals surface area (Å²) in [5, 5.41) is 10.1. The first-order valence-corrected chi connectivity index (χ1v) is 9.08. The summed E-state index contributed by atoms with van der Waals surface area (Å²) in [7, 11) is 0. The molecule has 2 N–H and O–H groups in total. The molecule has 1 aliphatic rings. The zero-order chi connectivity index (χ0) is 18.4. The predicted molar refractivity (Wildman–Crippen MR) is 100 cm³/mol. The van der Waals surface area contributed by atoms with Gasteiger partial charge in [-0.3, -0.25) is 4.68 Å². The van der Waals surface area contributed by atoms with Crippen LogP contribution in [-0.4, -0.2) is 47.1 Å². The molecule has 1 unspecified atom stereocenters. The topological polar surface area (TPSA) is 84.3 Å². The van der Waals surface area contributed by atoms with Crippen LogP contribution in [0, 0.1) is 0 Å². The molecule has 0 radical (unpaired) electrons. The number of pyridine rings is 1. The van der Waals surface area contributed by atoms with E-state index in [1.165, 1.54) is 0 Å². The number of nitrogens with one attached hydrogen (secondary N) is 2. The van der Waals surface area contributed by atoms with Gasteiger partial charge in [0.25, 0.3) is 0 Å². The molecule has 140 valence electrons. The van der Waals surface area contributed by atoms with Gasteiger partial charge in [-0.25, -0.2) is 9.78 Å². The highest BCUT2D eigenvalue weighted by atomic mass is 16.5. The highest BCUT2D eigenvalue weighted by Gasteiger charge is 2.15. The number of carbonyl (C=O) groups excluding carboxylic acids is 1. The second-order valence-electron chi connectivity index (χ2n) is 6.19. The van der Waals surface area contributed by atoms with Gasteiger partial charge in [-0.2, -0.15) is 5.10 Å². The molecule has 1 atom stereocenters. The van der Waals surface area contributed by atoms with Gasteiger partial charge in [-0.05, 0) is 25.5 Å². The number of rotatable bonds is 6. The van der Waals surface area contributed by atoms with Crippen LogP contribution in [-0.2, 0) is 11.3 Å². The lowest BCUT2D eigenvalue weighted by atomic mass is 10.1. The summed E-state index contributed by atoms with van der Waals surface area (Å²) in [4.78, 5) is 18.9. The van der Waals surface area contributed by atoms with E-state index in [1.807, 2.05) is 36.9 Å². The van der Waals surface area contributed by atoms with Gasteiger partial charge in [-0.1, -0.05) is 6.92 Å². The Hall–Kier alpha value is -2.61. The molecule has 26 heavy (non-hydrogen) atoms. The van der Waals surface area contributed by atoms with Gasteiger partial charge >= 0.3 is 6.03 Å². The third-order valence-electron chi connectivity index (χ3n) is 4.43. The van der Waals surface area contributed by atoms with Gasteiger partial charge in [0.15, 0.2) is 0 Å². The molecule has 1 aliphatic heterocycles. The molecule has 2 aromatic heterocycles. The summed E-state index contributed by atoms with van der Waals surface area (Å²) >= 11 is 0. The zero-order valence-corrected chi connectivity index (χ0v) is 15.3. The Bertz CT molecular complexity index is 709. The number of hydrogen-bond acceptors (Lipinski definition) is 5. The smallest absolute Gasteiger partial charge is 0.319 e. The lowest BCUT2D eigenvalue weighted by Crippen LogP contribution is -2.36. The monoisotopic (exact) mass is 358 g/mol. The maximum absolute atomic E-state index is 12.3. The average Bonchev–Trinajstić information content (AvgIpc) is 3.16. The molecular formula is C18H26N6O2. The number of anilines is 2. The van der Waals surface area contributed by atoms with E-state index in [4.69, 9.17) is 4.74 Å². The predicted octanol–water partition coefficient (Wildman–Crippen LogP) is 2.41. The largest absolute Gasteiger partial charge is 0.378 e. The van der Waals surface area contributed by atoms with Crippen LogP contribution in [0.2, 0.25) is 0 Å². The van der Waals surface area contributed by atoms with Crippen LogP contribution in [0.4, 0.5) is 16.3 Å². The van der Waals surface area contributed by atoms with Crippen molar-refractivity contribution < 1.29 is 9.53 Å². The van der Waals surface area contributed by atoms with Crippen LogP contribution in [0.1, 0.15) is 31.9 Å². The van der Waals surface area contributed by atoms with Crippen LogP contribution in [0.3, 0.4) is 0 Å². The number of amides is 2. The van der Waals surface area contributed by atoms with Crippen molar-refractivity contribution in [2.45, 2.75) is 32.9 Å². The van der Waals surface area contributed by atoms with E-state index in [9.17, 15) is 4.79 Å². The number of aryl methyl sites for hydroxylation is 1. The summed E-state index contributed by atoms with van der Waals surface area (Å²) in [6.45, 7) is 7.99. The van der Waals surface area contributed by atoms with Crippen molar-refractivity contribution in [1.82, 2.24) is 20.1 Å². The fourth-order valence-corrected chi connectivity index (χ4v) is 2.92. The summed E-state index contributed by atoms with van der Waals surface area (Å²) in [5.74, 6) is 0.901. The van der Waals surface area contributed by atoms with Crippen LogP contribution < -0.4 is 15.5 Å². The number of morpholine rings is 1. The fraction of sp³-hybridized carbons (Fsp3) is 0.500. The maximum Gasteiger partial charge on any atom is 0.319 e. The van der Waals surface area contributed by atoms with E-state index >= 15 is 0 Å². The Balaban J connectivity index is 1.56. The maximum atomic E-state index is 12.3. The van der Waals surface area contributed by atoms with Gasteiger partial charge in [0.2, 0.25) is 0 Å². The van der Waals surface area contributed by atoms with E-state index in [0.717, 1.165) is 50.7 Å². The van der Waals surface area contributed by atoms with E-state index in [0.29, 0.717) is 5.69 Å². The van der Waals surface area contributed by atoms with Crippen LogP contribution >= 0.6 is 0 Å². The summed E-state index contributed by atoms with van der Waals surface area (Å²) in [5.41, 5.74) is 1.67. The van der Waals surface area contributed by atoms with Crippen molar-refractivity contribution in [1.29, 1.82) is 0 Å². The van der Waals surface area contributed by atoms with Gasteiger partial charge in [0, 0.05) is 31.4 Å². The van der Waals surface area contributed by atoms with Crippen molar-refractivity contribution in [3.63, 3.8) is 0 Å². The lowest BCUT2D eigenvalue weighted by molar-refractivity contribution is 0.122. The van der Waals surface area contributed by atoms with Crippen molar-refractivity contribution in [2.75, 3.05) is 36.5 Å². The van der Waals surface area contributed by atoms with E-state index in [1.54, 1.807) is 12.4 Å². The normalized spacial score (nSPS) is 15.5. The number of ether oxygens (including phenoxy) is 1. The molecule has 8 nitrogen and oxygen atoms in total. The summed E-state index contributed by atoms with van der Waals surface area (Å²) in [6.07, 6.45) is 6.24. The Morgan fingerprint density at radius 3 is 2.69 bits per heavy atom. The molecule has 2 aromatic rings. The van der Waals surface area contributed by atoms with Crippen molar-refractivity contribution >= 4 is 17.5 Å². The van der Waals surface area contributed by atoms with Crippen LogP contribution in [0.15, 0.2) is 30.7 Å². The Kier molecular flexibility index (Phi) is 6.06. The number of carbonyl (C=O) groups is 1. The molecule has 0 saturated carbocycles. The van der Waals surface area contributed by atoms with E-state index in [2.05, 4.69) is 25.6 Å². The van der Waals surface area contributed by atoms with Crippen molar-refractivity contribution in [3.8, 4) is 0 Å². The highest BCUT2D eigenvalue weighted by Crippen LogP contribution is 2.18. The molecule has 8 heteroatoms. The van der Waals surface area contributed by atoms with E-state index in [-0.39, 0.29) is 12.1 Å². The van der Waals surface area contributed by atoms with Crippen LogP contribution in [0.5, 0.6) is 0 Å². The van der Waals surface area contributed by atoms with Gasteiger partial charge in [0.1, 0.15) is 5.82 Å². The molecule has 1 saturated heterocycles. The van der Waals surface area contributed by atoms with Gasteiger partial charge < -0.3 is 20.3 Å². The minimum atomic E-state index is -0.248. The van der Waals surface area contributed by atoms with Crippen molar-refractivity contribution in [3.05, 3.63) is 36.3 Å². The Morgan fingerprint density at radius 2 is 2.08 bits per heavy atom. The summed E-state index contributed by atoms with van der Waals surface area (Å²) in [6, 6.07) is 3.47. The SMILES string of the molecule is CCC(NC(=O)Nc1ccc(N2CCOCC2)nc1)c1cnn(CC)c1. The van der Waals surface area contributed by atoms with Crippen LogP contribution in [0.25, 0.3) is 0 Å². The number of aromatic nitrogens is 3. The third kappa shape index (κ3) is 4.51. The number of nitrogens with zero attached hydrogens (tertiary/aromatic N) is 4. The number of hydrogen-bond donors (Lipinski definition) is 2. The third-order valence-corrected chi connectivity index (χ3v) is 4.43. The molecule has 2 amide bonds. The Labute approximate surface area is 153 Å². The van der Waals surface area contributed by atoms with E-state index < -0.39 is 0 Å².